The van der Waals surface area contributed by atoms with Gasteiger partial charge in [0.2, 0.25) is 0 Å². The quantitative estimate of drug-likeness (QED) is 0.510. The van der Waals surface area contributed by atoms with E-state index in [1.807, 2.05) is 6.08 Å². The van der Waals surface area contributed by atoms with Crippen LogP contribution in [-0.4, -0.2) is 6.00 Å². The molecule has 1 unspecified atom stereocenters. The van der Waals surface area contributed by atoms with Crippen LogP contribution in [0, 0.1) is 0 Å². The molecule has 1 aliphatic rings. The molecule has 0 bridgehead atoms. The number of halogens is 3. The van der Waals surface area contributed by atoms with Gasteiger partial charge in [-0.15, -0.1) is 33.2 Å². The first kappa shape index (κ1) is 10.6. The maximum atomic E-state index is 5.98. The molecule has 0 nitrogen and oxygen atoms in total. The van der Waals surface area contributed by atoms with Crippen molar-refractivity contribution in [1.82, 2.24) is 0 Å². The van der Waals surface area contributed by atoms with Crippen molar-refractivity contribution < 1.29 is 0 Å². The molecule has 0 fully saturated rings. The second-order valence-electron chi connectivity index (χ2n) is 2.88. The van der Waals surface area contributed by atoms with E-state index in [1.54, 1.807) is 0 Å². The van der Waals surface area contributed by atoms with Gasteiger partial charge < -0.3 is 0 Å². The Morgan fingerprint density at radius 1 is 1.50 bits per heavy atom. The van der Waals surface area contributed by atoms with Crippen LogP contribution in [-0.2, 0) is 0 Å². The predicted octanol–water partition coefficient (Wildman–Crippen LogP) is 4.31. The summed E-state index contributed by atoms with van der Waals surface area (Å²) in [6.45, 7) is 2.07. The minimum atomic E-state index is -2.54. The van der Waals surface area contributed by atoms with Crippen LogP contribution in [0.4, 0.5) is 0 Å². The molecule has 0 aliphatic heterocycles. The van der Waals surface area contributed by atoms with Gasteiger partial charge in [0.15, 0.2) is 0 Å². The van der Waals surface area contributed by atoms with E-state index in [0.717, 1.165) is 12.8 Å². The Kier molecular flexibility index (Phi) is 3.71. The van der Waals surface area contributed by atoms with Gasteiger partial charge in [-0.25, -0.2) is 0 Å². The number of rotatable bonds is 3. The molecule has 0 aromatic carbocycles. The lowest BCUT2D eigenvalue weighted by molar-refractivity contribution is 0.873. The fraction of sp³-hybridized carbons (Fsp3) is 0.500. The average molecular weight is 242 g/mol. The first-order valence-corrected chi connectivity index (χ1v) is 9.09. The number of allylic oxidation sites excluding steroid dienone is 4. The Labute approximate surface area is 88.3 Å². The molecule has 0 saturated heterocycles. The molecule has 0 spiro atoms. The molecular weight excluding hydrogens is 231 g/mol. The van der Waals surface area contributed by atoms with Gasteiger partial charge in [0.25, 0.3) is 0 Å². The Hall–Kier alpha value is 0.567. The molecule has 1 aliphatic carbocycles. The van der Waals surface area contributed by atoms with Crippen molar-refractivity contribution in [2.45, 2.75) is 25.3 Å². The minimum absolute atomic E-state index is 0.192. The second kappa shape index (κ2) is 4.19. The molecule has 0 radical (unpaired) electrons. The van der Waals surface area contributed by atoms with E-state index in [-0.39, 0.29) is 5.54 Å². The molecule has 1 atom stereocenters. The summed E-state index contributed by atoms with van der Waals surface area (Å²) in [5.74, 6) is 0. The van der Waals surface area contributed by atoms with Crippen LogP contribution < -0.4 is 0 Å². The molecule has 0 aromatic heterocycles. The van der Waals surface area contributed by atoms with Crippen molar-refractivity contribution in [1.29, 1.82) is 0 Å². The Bertz CT molecular complexity index is 215. The second-order valence-corrected chi connectivity index (χ2v) is 11.8. The molecule has 0 amide bonds. The summed E-state index contributed by atoms with van der Waals surface area (Å²) in [6, 6.07) is -2.54. The van der Waals surface area contributed by atoms with Crippen molar-refractivity contribution in [2.75, 3.05) is 0 Å². The molecule has 4 heteroatoms. The van der Waals surface area contributed by atoms with Gasteiger partial charge in [-0.1, -0.05) is 30.7 Å². The van der Waals surface area contributed by atoms with Crippen molar-refractivity contribution in [2.24, 2.45) is 0 Å². The monoisotopic (exact) mass is 240 g/mol. The Balaban J connectivity index is 2.70. The fourth-order valence-corrected chi connectivity index (χ4v) is 5.17. The van der Waals surface area contributed by atoms with E-state index >= 15 is 0 Å². The standard InChI is InChI=1S/C8H11Cl3Si/c1-2-8(12(9,10)11)7-5-3-4-6-7/h3-5,8H,2,6H2,1H3. The lowest BCUT2D eigenvalue weighted by atomic mass is 10.1. The molecule has 12 heavy (non-hydrogen) atoms. The number of hydrogen-bond acceptors (Lipinski definition) is 0. The molecule has 68 valence electrons. The maximum Gasteiger partial charge on any atom is 0.348 e. The highest BCUT2D eigenvalue weighted by atomic mass is 35.8. The highest BCUT2D eigenvalue weighted by Crippen LogP contribution is 2.43. The summed E-state index contributed by atoms with van der Waals surface area (Å²) in [6.07, 6.45) is 8.09. The zero-order valence-electron chi connectivity index (χ0n) is 6.86. The van der Waals surface area contributed by atoms with Crippen molar-refractivity contribution in [3.05, 3.63) is 23.8 Å². The highest BCUT2D eigenvalue weighted by molar-refractivity contribution is 7.65. The van der Waals surface area contributed by atoms with E-state index in [0.29, 0.717) is 0 Å². The van der Waals surface area contributed by atoms with Gasteiger partial charge in [-0.3, -0.25) is 0 Å². The van der Waals surface area contributed by atoms with Gasteiger partial charge in [0, 0.05) is 5.54 Å². The first-order chi connectivity index (χ1) is 5.55. The van der Waals surface area contributed by atoms with Crippen molar-refractivity contribution in [3.8, 4) is 0 Å². The van der Waals surface area contributed by atoms with Gasteiger partial charge in [0.05, 0.1) is 0 Å². The van der Waals surface area contributed by atoms with Crippen molar-refractivity contribution >= 4 is 39.2 Å². The third-order valence-electron chi connectivity index (χ3n) is 2.05. The van der Waals surface area contributed by atoms with Gasteiger partial charge in [-0.05, 0) is 12.8 Å². The lowest BCUT2D eigenvalue weighted by Crippen LogP contribution is -2.20. The third kappa shape index (κ3) is 2.53. The summed E-state index contributed by atoms with van der Waals surface area (Å²) in [5.41, 5.74) is 1.47. The zero-order chi connectivity index (χ0) is 9.19. The summed E-state index contributed by atoms with van der Waals surface area (Å²) < 4.78 is 0. The number of hydrogen-bond donors (Lipinski definition) is 0. The molecule has 1 rings (SSSR count). The Morgan fingerprint density at radius 3 is 2.50 bits per heavy atom. The molecule has 0 aromatic rings. The van der Waals surface area contributed by atoms with Crippen LogP contribution in [0.2, 0.25) is 5.54 Å². The summed E-state index contributed by atoms with van der Waals surface area (Å²) >= 11 is 17.9. The van der Waals surface area contributed by atoms with Crippen LogP contribution in [0.1, 0.15) is 19.8 Å². The smallest absolute Gasteiger partial charge is 0.125 e. The van der Waals surface area contributed by atoms with E-state index in [1.165, 1.54) is 5.57 Å². The van der Waals surface area contributed by atoms with Gasteiger partial charge in [-0.2, -0.15) is 0 Å². The fourth-order valence-electron chi connectivity index (χ4n) is 1.43. The van der Waals surface area contributed by atoms with Crippen LogP contribution in [0.15, 0.2) is 23.8 Å². The first-order valence-electron chi connectivity index (χ1n) is 3.98. The molecule has 0 saturated carbocycles. The van der Waals surface area contributed by atoms with Crippen molar-refractivity contribution in [3.63, 3.8) is 0 Å². The minimum Gasteiger partial charge on any atom is -0.125 e. The maximum absolute atomic E-state index is 5.98. The highest BCUT2D eigenvalue weighted by Gasteiger charge is 2.37. The molecular formula is C8H11Cl3Si. The van der Waals surface area contributed by atoms with Crippen LogP contribution in [0.5, 0.6) is 0 Å². The lowest BCUT2D eigenvalue weighted by Gasteiger charge is -2.21. The van der Waals surface area contributed by atoms with Gasteiger partial charge in [0.1, 0.15) is 0 Å². The molecule has 0 heterocycles. The largest absolute Gasteiger partial charge is 0.348 e. The van der Waals surface area contributed by atoms with Gasteiger partial charge >= 0.3 is 6.00 Å². The SMILES string of the molecule is CCC(C1=CC=CC1)[Si](Cl)(Cl)Cl. The van der Waals surface area contributed by atoms with Crippen LogP contribution in [0.25, 0.3) is 0 Å². The average Bonchev–Trinajstić information content (AvgIpc) is 2.38. The van der Waals surface area contributed by atoms with Crippen LogP contribution in [0.3, 0.4) is 0 Å². The van der Waals surface area contributed by atoms with E-state index in [2.05, 4.69) is 19.1 Å². The summed E-state index contributed by atoms with van der Waals surface area (Å²) in [7, 11) is 0. The predicted molar refractivity (Wildman–Crippen MR) is 59.2 cm³/mol. The normalized spacial score (nSPS) is 19.5. The third-order valence-corrected chi connectivity index (χ3v) is 5.99. The van der Waals surface area contributed by atoms with E-state index in [4.69, 9.17) is 33.2 Å². The Morgan fingerprint density at radius 2 is 2.17 bits per heavy atom. The van der Waals surface area contributed by atoms with E-state index in [9.17, 15) is 0 Å². The molecule has 0 N–H and O–H groups in total. The zero-order valence-corrected chi connectivity index (χ0v) is 10.1. The topological polar surface area (TPSA) is 0 Å². The summed E-state index contributed by atoms with van der Waals surface area (Å²) in [5, 5.41) is 0. The van der Waals surface area contributed by atoms with Crippen LogP contribution >= 0.6 is 33.2 Å². The summed E-state index contributed by atoms with van der Waals surface area (Å²) in [4.78, 5) is 0. The van der Waals surface area contributed by atoms with E-state index < -0.39 is 6.00 Å².